The molecular formula is C17H13AsClN. The summed E-state index contributed by atoms with van der Waals surface area (Å²) in [5.74, 6) is 0. The SMILES string of the molecule is Cc1ccc2c(c1)[As](Cl)c1c(ccc3ccccc13)N2. The molecule has 0 amide bonds. The Hall–Kier alpha value is -1.43. The fraction of sp³-hybridized carbons (Fsp3) is 0.0588. The number of hydrogen-bond acceptors (Lipinski definition) is 1. The summed E-state index contributed by atoms with van der Waals surface area (Å²) in [4.78, 5) is 0. The zero-order valence-corrected chi connectivity index (χ0v) is 13.7. The summed E-state index contributed by atoms with van der Waals surface area (Å²) in [6.07, 6.45) is 0. The van der Waals surface area contributed by atoms with Gasteiger partial charge in [0.15, 0.2) is 0 Å². The normalized spacial score (nSPS) is 16.4. The van der Waals surface area contributed by atoms with E-state index in [0.29, 0.717) is 0 Å². The molecule has 98 valence electrons. The Morgan fingerprint density at radius 3 is 2.65 bits per heavy atom. The van der Waals surface area contributed by atoms with Crippen molar-refractivity contribution in [3.8, 4) is 0 Å². The van der Waals surface area contributed by atoms with Crippen LogP contribution in [0, 0.1) is 6.92 Å². The summed E-state index contributed by atoms with van der Waals surface area (Å²) < 4.78 is 2.64. The van der Waals surface area contributed by atoms with Gasteiger partial charge in [-0.2, -0.15) is 0 Å². The van der Waals surface area contributed by atoms with Gasteiger partial charge >= 0.3 is 127 Å². The van der Waals surface area contributed by atoms with E-state index in [0.717, 1.165) is 0 Å². The topological polar surface area (TPSA) is 12.0 Å². The molecule has 3 aromatic carbocycles. The Kier molecular flexibility index (Phi) is 2.80. The predicted octanol–water partition coefficient (Wildman–Crippen LogP) is 3.55. The summed E-state index contributed by atoms with van der Waals surface area (Å²) in [6.45, 7) is 2.12. The third-order valence-electron chi connectivity index (χ3n) is 3.73. The summed E-state index contributed by atoms with van der Waals surface area (Å²) in [5.41, 5.74) is 3.62. The minimum atomic E-state index is -1.74. The maximum absolute atomic E-state index is 6.93. The molecule has 3 heteroatoms. The molecule has 0 aromatic heterocycles. The van der Waals surface area contributed by atoms with Crippen LogP contribution < -0.4 is 14.0 Å². The van der Waals surface area contributed by atoms with Gasteiger partial charge in [0, 0.05) is 0 Å². The molecule has 0 saturated carbocycles. The summed E-state index contributed by atoms with van der Waals surface area (Å²) >= 11 is -1.74. The van der Waals surface area contributed by atoms with Gasteiger partial charge in [0.2, 0.25) is 0 Å². The molecular weight excluding hydrogens is 329 g/mol. The molecule has 20 heavy (non-hydrogen) atoms. The number of fused-ring (bicyclic) bond motifs is 4. The number of benzene rings is 3. The van der Waals surface area contributed by atoms with E-state index in [1.54, 1.807) is 0 Å². The van der Waals surface area contributed by atoms with Crippen molar-refractivity contribution in [3.05, 3.63) is 60.2 Å². The molecule has 1 atom stereocenters. The van der Waals surface area contributed by atoms with Crippen LogP contribution in [0.2, 0.25) is 0 Å². The van der Waals surface area contributed by atoms with E-state index in [1.807, 2.05) is 0 Å². The van der Waals surface area contributed by atoms with E-state index in [4.69, 9.17) is 9.95 Å². The van der Waals surface area contributed by atoms with Gasteiger partial charge in [-0.05, 0) is 0 Å². The molecule has 4 rings (SSSR count). The molecule has 0 spiro atoms. The van der Waals surface area contributed by atoms with E-state index >= 15 is 0 Å². The van der Waals surface area contributed by atoms with Gasteiger partial charge in [-0.25, -0.2) is 0 Å². The van der Waals surface area contributed by atoms with Crippen molar-refractivity contribution in [1.82, 2.24) is 0 Å². The van der Waals surface area contributed by atoms with Crippen molar-refractivity contribution in [2.45, 2.75) is 6.92 Å². The van der Waals surface area contributed by atoms with Gasteiger partial charge < -0.3 is 0 Å². The Morgan fingerprint density at radius 2 is 1.75 bits per heavy atom. The van der Waals surface area contributed by atoms with Crippen molar-refractivity contribution in [2.24, 2.45) is 0 Å². The second-order valence-electron chi connectivity index (χ2n) is 5.11. The van der Waals surface area contributed by atoms with Crippen LogP contribution in [0.4, 0.5) is 11.4 Å². The van der Waals surface area contributed by atoms with Crippen LogP contribution in [-0.4, -0.2) is 13.7 Å². The first-order valence-corrected chi connectivity index (χ1v) is 10.9. The molecule has 1 nitrogen and oxygen atoms in total. The number of halogens is 1. The van der Waals surface area contributed by atoms with E-state index in [2.05, 4.69) is 66.8 Å². The second-order valence-corrected chi connectivity index (χ2v) is 9.99. The van der Waals surface area contributed by atoms with Crippen LogP contribution in [0.1, 0.15) is 5.56 Å². The van der Waals surface area contributed by atoms with Crippen LogP contribution in [0.5, 0.6) is 0 Å². The molecule has 1 N–H and O–H groups in total. The Labute approximate surface area is 127 Å². The third-order valence-corrected chi connectivity index (χ3v) is 9.05. The molecule has 1 heterocycles. The van der Waals surface area contributed by atoms with E-state index in [1.165, 1.54) is 36.4 Å². The zero-order valence-electron chi connectivity index (χ0n) is 11.0. The molecule has 0 saturated heterocycles. The van der Waals surface area contributed by atoms with Gasteiger partial charge in [0.25, 0.3) is 0 Å². The summed E-state index contributed by atoms with van der Waals surface area (Å²) in [5, 5.41) is 6.10. The fourth-order valence-corrected chi connectivity index (χ4v) is 7.89. The Morgan fingerprint density at radius 1 is 0.950 bits per heavy atom. The minimum absolute atomic E-state index is 1.17. The quantitative estimate of drug-likeness (QED) is 0.617. The van der Waals surface area contributed by atoms with Crippen molar-refractivity contribution < 1.29 is 0 Å². The first-order chi connectivity index (χ1) is 9.74. The first kappa shape index (κ1) is 12.3. The first-order valence-electron chi connectivity index (χ1n) is 6.59. The fourth-order valence-electron chi connectivity index (χ4n) is 2.74. The number of rotatable bonds is 0. The second kappa shape index (κ2) is 4.55. The van der Waals surface area contributed by atoms with E-state index in [-0.39, 0.29) is 0 Å². The summed E-state index contributed by atoms with van der Waals surface area (Å²) in [7, 11) is 6.93. The van der Waals surface area contributed by atoms with Gasteiger partial charge in [0.1, 0.15) is 0 Å². The van der Waals surface area contributed by atoms with E-state index < -0.39 is 13.7 Å². The molecule has 1 aliphatic rings. The third kappa shape index (κ3) is 1.77. The van der Waals surface area contributed by atoms with Crippen molar-refractivity contribution in [1.29, 1.82) is 0 Å². The monoisotopic (exact) mass is 341 g/mol. The number of anilines is 2. The standard InChI is InChI=1S/C17H13AsClN/c1-11-6-8-15-14(10-11)18(19)17-13-5-3-2-4-12(13)7-9-16(17)20-15/h2-10,20H,1H3. The zero-order chi connectivity index (χ0) is 13.7. The molecule has 0 radical (unpaired) electrons. The van der Waals surface area contributed by atoms with Gasteiger partial charge in [-0.1, -0.05) is 0 Å². The average molecular weight is 342 g/mol. The molecule has 0 fully saturated rings. The van der Waals surface area contributed by atoms with Crippen molar-refractivity contribution in [3.63, 3.8) is 0 Å². The Balaban J connectivity index is 2.02. The molecule has 0 aliphatic carbocycles. The predicted molar refractivity (Wildman–Crippen MR) is 89.3 cm³/mol. The van der Waals surface area contributed by atoms with Crippen LogP contribution in [0.25, 0.3) is 10.8 Å². The van der Waals surface area contributed by atoms with Crippen molar-refractivity contribution in [2.75, 3.05) is 5.32 Å². The molecule has 1 unspecified atom stereocenters. The van der Waals surface area contributed by atoms with Crippen LogP contribution >= 0.6 is 9.95 Å². The summed E-state index contributed by atoms with van der Waals surface area (Å²) in [6, 6.07) is 19.3. The van der Waals surface area contributed by atoms with Crippen molar-refractivity contribution >= 4 is 54.5 Å². The Bertz CT molecular complexity index is 828. The maximum atomic E-state index is 6.93. The molecule has 0 bridgehead atoms. The van der Waals surface area contributed by atoms with Crippen LogP contribution in [0.3, 0.4) is 0 Å². The average Bonchev–Trinajstić information content (AvgIpc) is 2.48. The number of nitrogens with one attached hydrogen (secondary N) is 1. The van der Waals surface area contributed by atoms with Crippen LogP contribution in [0.15, 0.2) is 54.6 Å². The number of hydrogen-bond donors (Lipinski definition) is 1. The van der Waals surface area contributed by atoms with Gasteiger partial charge in [0.05, 0.1) is 0 Å². The van der Waals surface area contributed by atoms with Crippen LogP contribution in [-0.2, 0) is 0 Å². The van der Waals surface area contributed by atoms with E-state index in [9.17, 15) is 0 Å². The molecule has 3 aromatic rings. The van der Waals surface area contributed by atoms with Gasteiger partial charge in [-0.3, -0.25) is 0 Å². The van der Waals surface area contributed by atoms with Gasteiger partial charge in [-0.15, -0.1) is 0 Å². The molecule has 1 aliphatic heterocycles. The number of aryl methyl sites for hydroxylation is 1.